The first-order valence-electron chi connectivity index (χ1n) is 11.9. The van der Waals surface area contributed by atoms with E-state index >= 15 is 0 Å². The lowest BCUT2D eigenvalue weighted by molar-refractivity contribution is 0.191. The van der Waals surface area contributed by atoms with Crippen molar-refractivity contribution in [3.8, 4) is 22.9 Å². The molecule has 0 aliphatic carbocycles. The summed E-state index contributed by atoms with van der Waals surface area (Å²) in [5.41, 5.74) is 3.38. The number of hydrogen-bond acceptors (Lipinski definition) is 7. The molecule has 1 fully saturated rings. The summed E-state index contributed by atoms with van der Waals surface area (Å²) in [5.74, 6) is 1.33. The molecular weight excluding hydrogens is 526 g/mol. The van der Waals surface area contributed by atoms with Crippen LogP contribution < -0.4 is 9.47 Å². The molecule has 2 heterocycles. The lowest BCUT2D eigenvalue weighted by Gasteiger charge is -2.17. The van der Waals surface area contributed by atoms with Gasteiger partial charge in [0, 0.05) is 16.5 Å². The summed E-state index contributed by atoms with van der Waals surface area (Å²) in [6.07, 6.45) is 1.97. The van der Waals surface area contributed by atoms with Gasteiger partial charge in [-0.2, -0.15) is 10.1 Å². The van der Waals surface area contributed by atoms with Crippen molar-refractivity contribution in [3.05, 3.63) is 95.0 Å². The maximum atomic E-state index is 13.7. The second-order valence-electron chi connectivity index (χ2n) is 8.79. The Morgan fingerprint density at radius 1 is 0.921 bits per heavy atom. The first-order valence-corrected chi connectivity index (χ1v) is 13.8. The Morgan fingerprint density at radius 2 is 1.50 bits per heavy atom. The third kappa shape index (κ3) is 5.31. The molecule has 1 aliphatic rings. The molecule has 196 valence electrons. The third-order valence-corrected chi connectivity index (χ3v) is 8.74. The van der Waals surface area contributed by atoms with Gasteiger partial charge in [-0.15, -0.1) is 0 Å². The first kappa shape index (κ1) is 26.0. The molecule has 3 aromatic carbocycles. The standard InChI is InChI=1S/C28H26ClN3O5S/c1-35-23-11-5-18(6-12-23)25(19-7-13-24(36-2)14-8-19)15-21-16-37-17-26(21)38(33,34)28-30-27(31-32-28)20-3-9-22(29)10-4-20/h3-15,21,26H,16-17H2,1-2H3,(H,30,31,32)/t21-,26-/m1/s1. The Hall–Kier alpha value is -3.66. The van der Waals surface area contributed by atoms with E-state index < -0.39 is 21.0 Å². The lowest BCUT2D eigenvalue weighted by Crippen LogP contribution is -2.29. The van der Waals surface area contributed by atoms with E-state index in [4.69, 9.17) is 25.8 Å². The molecule has 8 nitrogen and oxygen atoms in total. The number of nitrogens with one attached hydrogen (secondary N) is 1. The van der Waals surface area contributed by atoms with Crippen LogP contribution in [0.3, 0.4) is 0 Å². The van der Waals surface area contributed by atoms with Crippen molar-refractivity contribution < 1.29 is 22.6 Å². The number of H-pyrrole nitrogens is 1. The molecule has 1 saturated heterocycles. The number of hydrogen-bond donors (Lipinski definition) is 1. The smallest absolute Gasteiger partial charge is 0.243 e. The lowest BCUT2D eigenvalue weighted by atomic mass is 9.93. The van der Waals surface area contributed by atoms with Crippen LogP contribution in [0.1, 0.15) is 11.1 Å². The van der Waals surface area contributed by atoms with Crippen molar-refractivity contribution in [1.29, 1.82) is 0 Å². The zero-order chi connectivity index (χ0) is 26.7. The molecule has 10 heteroatoms. The molecule has 4 aromatic rings. The third-order valence-electron chi connectivity index (χ3n) is 6.49. The summed E-state index contributed by atoms with van der Waals surface area (Å²) in [5, 5.41) is 6.29. The molecular formula is C28H26ClN3O5S. The summed E-state index contributed by atoms with van der Waals surface area (Å²) in [4.78, 5) is 4.29. The number of rotatable bonds is 8. The van der Waals surface area contributed by atoms with Gasteiger partial charge in [0.2, 0.25) is 15.0 Å². The maximum absolute atomic E-state index is 13.7. The summed E-state index contributed by atoms with van der Waals surface area (Å²) >= 11 is 5.96. The number of nitrogens with zero attached hydrogens (tertiary/aromatic N) is 2. The second kappa shape index (κ2) is 11.0. The molecule has 0 amide bonds. The van der Waals surface area contributed by atoms with Crippen molar-refractivity contribution in [2.75, 3.05) is 27.4 Å². The normalized spacial score (nSPS) is 17.2. The van der Waals surface area contributed by atoms with Gasteiger partial charge in [0.15, 0.2) is 5.82 Å². The van der Waals surface area contributed by atoms with Crippen LogP contribution in [-0.4, -0.2) is 56.3 Å². The van der Waals surface area contributed by atoms with Gasteiger partial charge in [-0.05, 0) is 65.2 Å². The zero-order valence-electron chi connectivity index (χ0n) is 20.8. The fourth-order valence-electron chi connectivity index (χ4n) is 4.39. The highest BCUT2D eigenvalue weighted by Gasteiger charge is 2.40. The van der Waals surface area contributed by atoms with E-state index in [2.05, 4.69) is 15.2 Å². The van der Waals surface area contributed by atoms with E-state index in [1.54, 1.807) is 38.5 Å². The molecule has 0 radical (unpaired) electrons. The zero-order valence-corrected chi connectivity index (χ0v) is 22.4. The summed E-state index contributed by atoms with van der Waals surface area (Å²) in [6.45, 7) is 0.316. The number of aromatic amines is 1. The predicted octanol–water partition coefficient (Wildman–Crippen LogP) is 5.06. The van der Waals surface area contributed by atoms with E-state index in [1.165, 1.54) is 0 Å². The minimum atomic E-state index is -3.88. The molecule has 0 spiro atoms. The van der Waals surface area contributed by atoms with Crippen LogP contribution in [0, 0.1) is 5.92 Å². The van der Waals surface area contributed by atoms with Gasteiger partial charge in [0.1, 0.15) is 16.7 Å². The average Bonchev–Trinajstić information content (AvgIpc) is 3.64. The number of halogens is 1. The van der Waals surface area contributed by atoms with Gasteiger partial charge in [-0.3, -0.25) is 0 Å². The first-order chi connectivity index (χ1) is 18.4. The average molecular weight is 552 g/mol. The van der Waals surface area contributed by atoms with Crippen LogP contribution in [0.5, 0.6) is 11.5 Å². The highest BCUT2D eigenvalue weighted by Crippen LogP contribution is 2.33. The number of benzene rings is 3. The molecule has 5 rings (SSSR count). The summed E-state index contributed by atoms with van der Waals surface area (Å²) in [6, 6.07) is 22.2. The van der Waals surface area contributed by atoms with Gasteiger partial charge in [0.25, 0.3) is 0 Å². The van der Waals surface area contributed by atoms with Crippen molar-refractivity contribution >= 4 is 27.0 Å². The minimum absolute atomic E-state index is 0.0545. The van der Waals surface area contributed by atoms with E-state index in [1.807, 2.05) is 54.6 Å². The molecule has 38 heavy (non-hydrogen) atoms. The van der Waals surface area contributed by atoms with Gasteiger partial charge in [-0.1, -0.05) is 41.9 Å². The van der Waals surface area contributed by atoms with Gasteiger partial charge in [-0.25, -0.2) is 13.5 Å². The van der Waals surface area contributed by atoms with E-state index in [9.17, 15) is 8.42 Å². The van der Waals surface area contributed by atoms with Crippen LogP contribution in [-0.2, 0) is 14.6 Å². The molecule has 2 atom stereocenters. The fraction of sp³-hybridized carbons (Fsp3) is 0.214. The summed E-state index contributed by atoms with van der Waals surface area (Å²) < 4.78 is 43.6. The van der Waals surface area contributed by atoms with Crippen molar-refractivity contribution in [2.45, 2.75) is 10.4 Å². The van der Waals surface area contributed by atoms with Crippen LogP contribution in [0.4, 0.5) is 0 Å². The fourth-order valence-corrected chi connectivity index (χ4v) is 6.08. The Morgan fingerprint density at radius 3 is 2.05 bits per heavy atom. The van der Waals surface area contributed by atoms with Gasteiger partial charge >= 0.3 is 0 Å². The molecule has 1 aromatic heterocycles. The number of aromatic nitrogens is 3. The molecule has 1 N–H and O–H groups in total. The highest BCUT2D eigenvalue weighted by molar-refractivity contribution is 7.91. The van der Waals surface area contributed by atoms with E-state index in [-0.39, 0.29) is 24.2 Å². The maximum Gasteiger partial charge on any atom is 0.243 e. The predicted molar refractivity (Wildman–Crippen MR) is 145 cm³/mol. The van der Waals surface area contributed by atoms with Crippen molar-refractivity contribution in [1.82, 2.24) is 15.2 Å². The minimum Gasteiger partial charge on any atom is -0.497 e. The Balaban J connectivity index is 1.50. The van der Waals surface area contributed by atoms with Crippen molar-refractivity contribution in [3.63, 3.8) is 0 Å². The van der Waals surface area contributed by atoms with Gasteiger partial charge < -0.3 is 14.2 Å². The highest BCUT2D eigenvalue weighted by atomic mass is 35.5. The molecule has 0 unspecified atom stereocenters. The largest absolute Gasteiger partial charge is 0.497 e. The Bertz CT molecular complexity index is 1480. The second-order valence-corrected chi connectivity index (χ2v) is 11.3. The molecule has 0 bridgehead atoms. The van der Waals surface area contributed by atoms with Crippen LogP contribution in [0.15, 0.2) is 84.0 Å². The molecule has 0 saturated carbocycles. The quantitative estimate of drug-likeness (QED) is 0.326. The van der Waals surface area contributed by atoms with Crippen molar-refractivity contribution in [2.24, 2.45) is 5.92 Å². The van der Waals surface area contributed by atoms with E-state index in [0.717, 1.165) is 28.2 Å². The van der Waals surface area contributed by atoms with Gasteiger partial charge in [0.05, 0.1) is 27.4 Å². The van der Waals surface area contributed by atoms with Crippen LogP contribution in [0.25, 0.3) is 17.0 Å². The summed E-state index contributed by atoms with van der Waals surface area (Å²) in [7, 11) is -0.652. The van der Waals surface area contributed by atoms with E-state index in [0.29, 0.717) is 10.6 Å². The number of sulfone groups is 1. The monoisotopic (exact) mass is 551 g/mol. The van der Waals surface area contributed by atoms with Crippen LogP contribution >= 0.6 is 11.6 Å². The number of ether oxygens (including phenoxy) is 3. The Labute approximate surface area is 226 Å². The SMILES string of the molecule is COc1ccc(C(=C[C@@H]2COC[C@H]2S(=O)(=O)c2nc(-c3ccc(Cl)cc3)n[nH]2)c2ccc(OC)cc2)cc1. The molecule has 1 aliphatic heterocycles. The number of methoxy groups -OCH3 is 2. The van der Waals surface area contributed by atoms with Crippen LogP contribution in [0.2, 0.25) is 5.02 Å². The Kier molecular flexibility index (Phi) is 7.51. The topological polar surface area (TPSA) is 103 Å².